The standard InChI is InChI=1S/C22H40O2/c1-3-5-7-9-11-13-15-17-19-21-20(22(23)24-21)18-16-14-12-10-8-6-4-2/h19-20H,3-18H2,1-2H3/b21-19-. The molecule has 1 saturated heterocycles. The first kappa shape index (κ1) is 21.3. The maximum atomic E-state index is 11.6. The summed E-state index contributed by atoms with van der Waals surface area (Å²) in [6, 6.07) is 0. The molecule has 0 aliphatic carbocycles. The average molecular weight is 337 g/mol. The first-order valence-electron chi connectivity index (χ1n) is 10.7. The lowest BCUT2D eigenvalue weighted by Crippen LogP contribution is -2.32. The highest BCUT2D eigenvalue weighted by Gasteiger charge is 2.36. The minimum absolute atomic E-state index is 0.00630. The summed E-state index contributed by atoms with van der Waals surface area (Å²) >= 11 is 0. The van der Waals surface area contributed by atoms with Gasteiger partial charge < -0.3 is 4.74 Å². The molecule has 0 aromatic heterocycles. The number of unbranched alkanes of at least 4 members (excludes halogenated alkanes) is 13. The first-order chi connectivity index (χ1) is 11.8. The molecule has 24 heavy (non-hydrogen) atoms. The number of allylic oxidation sites excluding steroid dienone is 1. The molecule has 2 heteroatoms. The number of hydrogen-bond acceptors (Lipinski definition) is 2. The van der Waals surface area contributed by atoms with Gasteiger partial charge in [-0.1, -0.05) is 97.3 Å². The molecule has 1 aliphatic heterocycles. The van der Waals surface area contributed by atoms with Gasteiger partial charge in [0.15, 0.2) is 0 Å². The van der Waals surface area contributed by atoms with Gasteiger partial charge in [0.1, 0.15) is 11.7 Å². The Morgan fingerprint density at radius 3 is 1.79 bits per heavy atom. The molecule has 0 aromatic rings. The fourth-order valence-electron chi connectivity index (χ4n) is 3.41. The number of carbonyl (C=O) groups is 1. The molecule has 0 radical (unpaired) electrons. The minimum Gasteiger partial charge on any atom is -0.430 e. The van der Waals surface area contributed by atoms with Gasteiger partial charge in [0.25, 0.3) is 0 Å². The molecule has 1 unspecified atom stereocenters. The van der Waals surface area contributed by atoms with Gasteiger partial charge in [-0.25, -0.2) is 0 Å². The lowest BCUT2D eigenvalue weighted by Gasteiger charge is -2.28. The summed E-state index contributed by atoms with van der Waals surface area (Å²) in [6.45, 7) is 4.51. The van der Waals surface area contributed by atoms with Crippen LogP contribution in [0.4, 0.5) is 0 Å². The average Bonchev–Trinajstić information content (AvgIpc) is 2.58. The van der Waals surface area contributed by atoms with Crippen molar-refractivity contribution in [1.82, 2.24) is 0 Å². The van der Waals surface area contributed by atoms with Crippen LogP contribution in [0.1, 0.15) is 117 Å². The van der Waals surface area contributed by atoms with Crippen molar-refractivity contribution in [2.45, 2.75) is 117 Å². The van der Waals surface area contributed by atoms with Crippen molar-refractivity contribution in [2.75, 3.05) is 0 Å². The number of esters is 1. The van der Waals surface area contributed by atoms with E-state index in [1.165, 1.54) is 89.9 Å². The lowest BCUT2D eigenvalue weighted by atomic mass is 9.93. The largest absolute Gasteiger partial charge is 0.430 e. The molecule has 0 N–H and O–H groups in total. The number of rotatable bonds is 16. The normalized spacial score (nSPS) is 18.7. The van der Waals surface area contributed by atoms with E-state index < -0.39 is 0 Å². The fourth-order valence-corrected chi connectivity index (χ4v) is 3.41. The highest BCUT2D eigenvalue weighted by atomic mass is 16.6. The van der Waals surface area contributed by atoms with E-state index in [0.29, 0.717) is 0 Å². The summed E-state index contributed by atoms with van der Waals surface area (Å²) < 4.78 is 5.24. The van der Waals surface area contributed by atoms with Crippen LogP contribution in [0.2, 0.25) is 0 Å². The molecule has 1 rings (SSSR count). The van der Waals surface area contributed by atoms with Crippen LogP contribution >= 0.6 is 0 Å². The summed E-state index contributed by atoms with van der Waals surface area (Å²) in [4.78, 5) is 11.6. The molecule has 0 saturated carbocycles. The second kappa shape index (κ2) is 14.5. The van der Waals surface area contributed by atoms with Gasteiger partial charge in [0.2, 0.25) is 0 Å². The molecule has 140 valence electrons. The maximum absolute atomic E-state index is 11.6. The Balaban J connectivity index is 2.01. The molecule has 0 bridgehead atoms. The Labute approximate surface area is 150 Å². The molecular formula is C22H40O2. The van der Waals surface area contributed by atoms with Crippen molar-refractivity contribution in [3.63, 3.8) is 0 Å². The summed E-state index contributed by atoms with van der Waals surface area (Å²) in [7, 11) is 0. The van der Waals surface area contributed by atoms with E-state index in [-0.39, 0.29) is 11.9 Å². The number of hydrogen-bond donors (Lipinski definition) is 0. The monoisotopic (exact) mass is 336 g/mol. The Bertz CT molecular complexity index is 346. The number of carbonyl (C=O) groups excluding carboxylic acids is 1. The van der Waals surface area contributed by atoms with Gasteiger partial charge >= 0.3 is 5.97 Å². The SMILES string of the molecule is CCCCCCCCC/C=C1\OC(=O)C1CCCCCCCCC. The van der Waals surface area contributed by atoms with Crippen molar-refractivity contribution in [2.24, 2.45) is 5.92 Å². The molecule has 0 amide bonds. The van der Waals surface area contributed by atoms with Crippen LogP contribution in [0.15, 0.2) is 11.8 Å². The molecule has 1 heterocycles. The molecule has 1 atom stereocenters. The zero-order valence-electron chi connectivity index (χ0n) is 16.3. The van der Waals surface area contributed by atoms with Crippen molar-refractivity contribution in [3.8, 4) is 0 Å². The second-order valence-electron chi connectivity index (χ2n) is 7.40. The van der Waals surface area contributed by atoms with Gasteiger partial charge in [0.05, 0.1) is 0 Å². The molecule has 2 nitrogen and oxygen atoms in total. The van der Waals surface area contributed by atoms with E-state index in [9.17, 15) is 4.79 Å². The van der Waals surface area contributed by atoms with Crippen LogP contribution in [-0.2, 0) is 9.53 Å². The molecule has 0 aromatic carbocycles. The van der Waals surface area contributed by atoms with Crippen LogP contribution < -0.4 is 0 Å². The molecule has 1 aliphatic rings. The van der Waals surface area contributed by atoms with E-state index in [1.54, 1.807) is 0 Å². The van der Waals surface area contributed by atoms with Crippen LogP contribution in [0.3, 0.4) is 0 Å². The van der Waals surface area contributed by atoms with E-state index in [2.05, 4.69) is 19.9 Å². The smallest absolute Gasteiger partial charge is 0.321 e. The van der Waals surface area contributed by atoms with Crippen LogP contribution in [-0.4, -0.2) is 5.97 Å². The van der Waals surface area contributed by atoms with E-state index in [1.807, 2.05) is 0 Å². The summed E-state index contributed by atoms with van der Waals surface area (Å²) in [5, 5.41) is 0. The maximum Gasteiger partial charge on any atom is 0.321 e. The highest BCUT2D eigenvalue weighted by molar-refractivity contribution is 5.82. The van der Waals surface area contributed by atoms with Gasteiger partial charge in [-0.2, -0.15) is 0 Å². The minimum atomic E-state index is 0.00630. The van der Waals surface area contributed by atoms with Crippen molar-refractivity contribution in [3.05, 3.63) is 11.8 Å². The topological polar surface area (TPSA) is 26.3 Å². The van der Waals surface area contributed by atoms with Crippen LogP contribution in [0.5, 0.6) is 0 Å². The fraction of sp³-hybridized carbons (Fsp3) is 0.864. The van der Waals surface area contributed by atoms with E-state index in [0.717, 1.165) is 18.6 Å². The van der Waals surface area contributed by atoms with Crippen LogP contribution in [0, 0.1) is 5.92 Å². The first-order valence-corrected chi connectivity index (χ1v) is 10.7. The van der Waals surface area contributed by atoms with Gasteiger partial charge in [0, 0.05) is 0 Å². The van der Waals surface area contributed by atoms with Gasteiger partial charge in [-0.05, 0) is 25.3 Å². The van der Waals surface area contributed by atoms with Crippen molar-refractivity contribution < 1.29 is 9.53 Å². The molecule has 0 spiro atoms. The molecule has 1 fully saturated rings. The quantitative estimate of drug-likeness (QED) is 0.218. The van der Waals surface area contributed by atoms with Crippen molar-refractivity contribution in [1.29, 1.82) is 0 Å². The Morgan fingerprint density at radius 2 is 1.25 bits per heavy atom. The third-order valence-corrected chi connectivity index (χ3v) is 5.10. The zero-order chi connectivity index (χ0) is 17.5. The van der Waals surface area contributed by atoms with Gasteiger partial charge in [-0.15, -0.1) is 0 Å². The summed E-state index contributed by atoms with van der Waals surface area (Å²) in [6.07, 6.45) is 22.7. The Hall–Kier alpha value is -0.790. The van der Waals surface area contributed by atoms with E-state index >= 15 is 0 Å². The predicted molar refractivity (Wildman–Crippen MR) is 103 cm³/mol. The Kier molecular flexibility index (Phi) is 12.9. The summed E-state index contributed by atoms with van der Waals surface area (Å²) in [5.41, 5.74) is 0. The third kappa shape index (κ3) is 9.49. The molecular weight excluding hydrogens is 296 g/mol. The predicted octanol–water partition coefficient (Wildman–Crippen LogP) is 7.32. The summed E-state index contributed by atoms with van der Waals surface area (Å²) in [5.74, 6) is 1.06. The second-order valence-corrected chi connectivity index (χ2v) is 7.40. The van der Waals surface area contributed by atoms with E-state index in [4.69, 9.17) is 4.74 Å². The zero-order valence-corrected chi connectivity index (χ0v) is 16.3. The van der Waals surface area contributed by atoms with Crippen LogP contribution in [0.25, 0.3) is 0 Å². The van der Waals surface area contributed by atoms with Crippen molar-refractivity contribution >= 4 is 5.97 Å². The Morgan fingerprint density at radius 1 is 0.750 bits per heavy atom. The number of cyclic esters (lactones) is 1. The highest BCUT2D eigenvalue weighted by Crippen LogP contribution is 2.32. The number of ether oxygens (including phenoxy) is 1. The lowest BCUT2D eigenvalue weighted by molar-refractivity contribution is -0.157. The van der Waals surface area contributed by atoms with Gasteiger partial charge in [-0.3, -0.25) is 4.79 Å². The third-order valence-electron chi connectivity index (χ3n) is 5.10.